The normalized spacial score (nSPS) is 22.0. The Bertz CT molecular complexity index is 803. The van der Waals surface area contributed by atoms with Crippen LogP contribution in [0.25, 0.3) is 10.9 Å². The lowest BCUT2D eigenvalue weighted by atomic mass is 10.1. The van der Waals surface area contributed by atoms with Crippen molar-refractivity contribution in [2.75, 3.05) is 13.1 Å². The lowest BCUT2D eigenvalue weighted by molar-refractivity contribution is 0.314. The van der Waals surface area contributed by atoms with Gasteiger partial charge in [0.15, 0.2) is 0 Å². The molecule has 2 aromatic carbocycles. The molecule has 0 unspecified atom stereocenters. The molecule has 1 fully saturated rings. The van der Waals surface area contributed by atoms with Crippen molar-refractivity contribution in [3.05, 3.63) is 71.9 Å². The first kappa shape index (κ1) is 14.5. The van der Waals surface area contributed by atoms with Gasteiger partial charge in [0.2, 0.25) is 0 Å². The molecule has 0 radical (unpaired) electrons. The van der Waals surface area contributed by atoms with Crippen LogP contribution in [0.3, 0.4) is 0 Å². The minimum atomic E-state index is 0.568. The third kappa shape index (κ3) is 2.68. The Kier molecular flexibility index (Phi) is 3.70. The van der Waals surface area contributed by atoms with Gasteiger partial charge in [-0.25, -0.2) is 0 Å². The van der Waals surface area contributed by atoms with Gasteiger partial charge in [-0.2, -0.15) is 0 Å². The van der Waals surface area contributed by atoms with Gasteiger partial charge in [0.1, 0.15) is 0 Å². The molecule has 1 aliphatic rings. The van der Waals surface area contributed by atoms with E-state index in [0.29, 0.717) is 12.0 Å². The molecule has 2 heteroatoms. The standard InChI is InChI=1S/C21H24N2/c1-16-13-22(14-18-8-4-3-5-9-18)15-21(16)23-17(2)12-19-10-6-7-11-20(19)23/h3-12,16,21H,13-15H2,1-2H3/t16-,21+/m1/s1. The van der Waals surface area contributed by atoms with Gasteiger partial charge in [0.05, 0.1) is 6.04 Å². The first-order chi connectivity index (χ1) is 11.2. The average Bonchev–Trinajstić information content (AvgIpc) is 3.07. The highest BCUT2D eigenvalue weighted by molar-refractivity contribution is 5.81. The zero-order valence-electron chi connectivity index (χ0n) is 13.9. The van der Waals surface area contributed by atoms with E-state index in [1.165, 1.54) is 28.7 Å². The lowest BCUT2D eigenvalue weighted by Crippen LogP contribution is -2.21. The van der Waals surface area contributed by atoms with E-state index in [1.807, 2.05) is 0 Å². The fraction of sp³-hybridized carbons (Fsp3) is 0.333. The van der Waals surface area contributed by atoms with E-state index >= 15 is 0 Å². The summed E-state index contributed by atoms with van der Waals surface area (Å²) in [5, 5.41) is 1.36. The molecule has 1 saturated heterocycles. The maximum absolute atomic E-state index is 2.60. The number of benzene rings is 2. The molecule has 0 aliphatic carbocycles. The molecular formula is C21H24N2. The van der Waals surface area contributed by atoms with Crippen LogP contribution in [0.1, 0.15) is 24.2 Å². The smallest absolute Gasteiger partial charge is 0.0504 e. The summed E-state index contributed by atoms with van der Waals surface area (Å²) in [7, 11) is 0. The molecular weight excluding hydrogens is 280 g/mol. The van der Waals surface area contributed by atoms with Gasteiger partial charge in [-0.05, 0) is 35.9 Å². The van der Waals surface area contributed by atoms with Crippen LogP contribution in [0, 0.1) is 12.8 Å². The summed E-state index contributed by atoms with van der Waals surface area (Å²) in [6.45, 7) is 8.00. The number of hydrogen-bond donors (Lipinski definition) is 0. The van der Waals surface area contributed by atoms with Crippen molar-refractivity contribution in [1.82, 2.24) is 9.47 Å². The van der Waals surface area contributed by atoms with Crippen molar-refractivity contribution >= 4 is 10.9 Å². The summed E-state index contributed by atoms with van der Waals surface area (Å²) in [5.41, 5.74) is 4.17. The average molecular weight is 304 g/mol. The summed E-state index contributed by atoms with van der Waals surface area (Å²) in [6, 6.07) is 22.5. The fourth-order valence-corrected chi connectivity index (χ4v) is 4.11. The third-order valence-electron chi connectivity index (χ3n) is 5.17. The van der Waals surface area contributed by atoms with Crippen molar-refractivity contribution < 1.29 is 0 Å². The number of fused-ring (bicyclic) bond motifs is 1. The Hall–Kier alpha value is -2.06. The zero-order chi connectivity index (χ0) is 15.8. The number of para-hydroxylation sites is 1. The van der Waals surface area contributed by atoms with Gasteiger partial charge >= 0.3 is 0 Å². The van der Waals surface area contributed by atoms with Crippen LogP contribution >= 0.6 is 0 Å². The molecule has 0 saturated carbocycles. The van der Waals surface area contributed by atoms with Crippen LogP contribution in [-0.2, 0) is 6.54 Å². The summed E-state index contributed by atoms with van der Waals surface area (Å²) < 4.78 is 2.56. The number of aryl methyl sites for hydroxylation is 1. The van der Waals surface area contributed by atoms with E-state index in [1.54, 1.807) is 0 Å². The van der Waals surface area contributed by atoms with Crippen molar-refractivity contribution in [1.29, 1.82) is 0 Å². The number of likely N-dealkylation sites (tertiary alicyclic amines) is 1. The lowest BCUT2D eigenvalue weighted by Gasteiger charge is -2.21. The SMILES string of the molecule is Cc1cc2ccccc2n1[C@H]1CN(Cc2ccccc2)C[C@H]1C. The molecule has 0 amide bonds. The maximum atomic E-state index is 2.60. The molecule has 23 heavy (non-hydrogen) atoms. The van der Waals surface area contributed by atoms with Crippen molar-refractivity contribution in [2.45, 2.75) is 26.4 Å². The molecule has 2 nitrogen and oxygen atoms in total. The summed E-state index contributed by atoms with van der Waals surface area (Å²) in [4.78, 5) is 2.60. The Balaban J connectivity index is 1.61. The molecule has 1 aliphatic heterocycles. The van der Waals surface area contributed by atoms with Crippen LogP contribution in [0.4, 0.5) is 0 Å². The molecule has 0 bridgehead atoms. The second-order valence-electron chi connectivity index (χ2n) is 6.94. The number of aromatic nitrogens is 1. The summed E-state index contributed by atoms with van der Waals surface area (Å²) in [6.07, 6.45) is 0. The van der Waals surface area contributed by atoms with E-state index < -0.39 is 0 Å². The molecule has 0 N–H and O–H groups in total. The summed E-state index contributed by atoms with van der Waals surface area (Å²) in [5.74, 6) is 0.674. The highest BCUT2D eigenvalue weighted by Crippen LogP contribution is 2.33. The molecule has 1 aromatic heterocycles. The first-order valence-corrected chi connectivity index (χ1v) is 8.55. The minimum absolute atomic E-state index is 0.568. The molecule has 4 rings (SSSR count). The topological polar surface area (TPSA) is 8.17 Å². The zero-order valence-corrected chi connectivity index (χ0v) is 13.9. The predicted molar refractivity (Wildman–Crippen MR) is 96.6 cm³/mol. The highest BCUT2D eigenvalue weighted by Gasteiger charge is 2.32. The van der Waals surface area contributed by atoms with Gasteiger partial charge in [-0.1, -0.05) is 55.5 Å². The monoisotopic (exact) mass is 304 g/mol. The van der Waals surface area contributed by atoms with Crippen molar-refractivity contribution in [3.8, 4) is 0 Å². The van der Waals surface area contributed by atoms with E-state index in [9.17, 15) is 0 Å². The summed E-state index contributed by atoms with van der Waals surface area (Å²) >= 11 is 0. The third-order valence-corrected chi connectivity index (χ3v) is 5.17. The highest BCUT2D eigenvalue weighted by atomic mass is 15.2. The Morgan fingerprint density at radius 1 is 0.957 bits per heavy atom. The van der Waals surface area contributed by atoms with E-state index in [4.69, 9.17) is 0 Å². The number of rotatable bonds is 3. The Morgan fingerprint density at radius 2 is 1.70 bits per heavy atom. The van der Waals surface area contributed by atoms with E-state index in [0.717, 1.165) is 13.1 Å². The van der Waals surface area contributed by atoms with Crippen LogP contribution < -0.4 is 0 Å². The quantitative estimate of drug-likeness (QED) is 0.684. The van der Waals surface area contributed by atoms with Crippen LogP contribution in [-0.4, -0.2) is 22.6 Å². The number of nitrogens with zero attached hydrogens (tertiary/aromatic N) is 2. The molecule has 0 spiro atoms. The van der Waals surface area contributed by atoms with Gasteiger partial charge in [0.25, 0.3) is 0 Å². The van der Waals surface area contributed by atoms with Gasteiger partial charge in [-0.3, -0.25) is 4.90 Å². The second-order valence-corrected chi connectivity index (χ2v) is 6.94. The van der Waals surface area contributed by atoms with Crippen LogP contribution in [0.15, 0.2) is 60.7 Å². The second kappa shape index (κ2) is 5.86. The maximum Gasteiger partial charge on any atom is 0.0504 e. The van der Waals surface area contributed by atoms with Gasteiger partial charge in [-0.15, -0.1) is 0 Å². The van der Waals surface area contributed by atoms with Gasteiger partial charge < -0.3 is 4.57 Å². The predicted octanol–water partition coefficient (Wildman–Crippen LogP) is 4.64. The molecule has 118 valence electrons. The Morgan fingerprint density at radius 3 is 2.52 bits per heavy atom. The van der Waals surface area contributed by atoms with Crippen LogP contribution in [0.2, 0.25) is 0 Å². The minimum Gasteiger partial charge on any atom is -0.340 e. The van der Waals surface area contributed by atoms with Crippen molar-refractivity contribution in [3.63, 3.8) is 0 Å². The molecule has 2 atom stereocenters. The first-order valence-electron chi connectivity index (χ1n) is 8.55. The largest absolute Gasteiger partial charge is 0.340 e. The molecule has 3 aromatic rings. The molecule has 2 heterocycles. The van der Waals surface area contributed by atoms with Crippen LogP contribution in [0.5, 0.6) is 0 Å². The number of hydrogen-bond acceptors (Lipinski definition) is 1. The van der Waals surface area contributed by atoms with E-state index in [2.05, 4.69) is 84.0 Å². The van der Waals surface area contributed by atoms with Gasteiger partial charge in [0, 0.05) is 30.8 Å². The fourth-order valence-electron chi connectivity index (χ4n) is 4.11. The Labute approximate surface area is 138 Å². The van der Waals surface area contributed by atoms with E-state index in [-0.39, 0.29) is 0 Å². The van der Waals surface area contributed by atoms with Crippen molar-refractivity contribution in [2.24, 2.45) is 5.92 Å².